The molecule has 0 fully saturated rings. The minimum absolute atomic E-state index is 0.0414. The predicted molar refractivity (Wildman–Crippen MR) is 72.6 cm³/mol. The van der Waals surface area contributed by atoms with Crippen LogP contribution in [0, 0.1) is 0 Å². The molecule has 0 unspecified atom stereocenters. The van der Waals surface area contributed by atoms with Gasteiger partial charge in [-0.25, -0.2) is 4.98 Å². The molecule has 0 spiro atoms. The molecule has 2 aromatic rings. The Labute approximate surface area is 110 Å². The zero-order valence-corrected chi connectivity index (χ0v) is 11.0. The summed E-state index contributed by atoms with van der Waals surface area (Å²) in [6, 6.07) is 3.66. The van der Waals surface area contributed by atoms with E-state index in [-0.39, 0.29) is 5.91 Å². The number of nitrogens with zero attached hydrogens (tertiary/aromatic N) is 2. The normalized spacial score (nSPS) is 10.5. The highest BCUT2D eigenvalue weighted by atomic mass is 32.1. The van der Waals surface area contributed by atoms with E-state index in [4.69, 9.17) is 5.73 Å². The number of hydrogen-bond acceptors (Lipinski definition) is 4. The van der Waals surface area contributed by atoms with Crippen molar-refractivity contribution in [2.24, 2.45) is 7.05 Å². The highest BCUT2D eigenvalue weighted by molar-refractivity contribution is 7.13. The fourth-order valence-electron chi connectivity index (χ4n) is 1.70. The second kappa shape index (κ2) is 5.68. The number of nitrogens with two attached hydrogens (primary N) is 1. The minimum Gasteiger partial charge on any atom is -0.375 e. The first-order valence-electron chi connectivity index (χ1n) is 5.76. The lowest BCUT2D eigenvalue weighted by atomic mass is 10.2. The average molecular weight is 264 g/mol. The maximum absolute atomic E-state index is 11.8. The van der Waals surface area contributed by atoms with Crippen molar-refractivity contribution in [3.8, 4) is 0 Å². The predicted octanol–water partition coefficient (Wildman–Crippen LogP) is 1.43. The van der Waals surface area contributed by atoms with Crippen molar-refractivity contribution in [1.82, 2.24) is 14.9 Å². The molecule has 1 amide bonds. The third-order valence-corrected chi connectivity index (χ3v) is 3.36. The Balaban J connectivity index is 1.73. The van der Waals surface area contributed by atoms with Crippen LogP contribution in [0.25, 0.3) is 0 Å². The number of carbonyl (C=O) groups is 1. The van der Waals surface area contributed by atoms with Gasteiger partial charge in [-0.2, -0.15) is 0 Å². The van der Waals surface area contributed by atoms with Crippen molar-refractivity contribution in [2.75, 3.05) is 12.3 Å². The molecular formula is C12H16N4OS. The van der Waals surface area contributed by atoms with Gasteiger partial charge in [-0.3, -0.25) is 4.79 Å². The third kappa shape index (κ3) is 3.10. The maximum atomic E-state index is 11.8. The zero-order chi connectivity index (χ0) is 13.0. The molecule has 0 aliphatic heterocycles. The van der Waals surface area contributed by atoms with E-state index in [1.165, 1.54) is 11.3 Å². The van der Waals surface area contributed by atoms with Gasteiger partial charge in [0.1, 0.15) is 5.69 Å². The van der Waals surface area contributed by atoms with Crippen LogP contribution in [0.4, 0.5) is 5.13 Å². The summed E-state index contributed by atoms with van der Waals surface area (Å²) >= 11 is 1.44. The largest absolute Gasteiger partial charge is 0.375 e. The molecule has 5 nitrogen and oxygen atoms in total. The molecule has 0 bridgehead atoms. The zero-order valence-electron chi connectivity index (χ0n) is 10.2. The van der Waals surface area contributed by atoms with Gasteiger partial charge in [-0.15, -0.1) is 11.3 Å². The summed E-state index contributed by atoms with van der Waals surface area (Å²) in [5.41, 5.74) is 7.21. The Hall–Kier alpha value is -1.82. The van der Waals surface area contributed by atoms with E-state index in [1.54, 1.807) is 10.6 Å². The van der Waals surface area contributed by atoms with Crippen LogP contribution in [0.2, 0.25) is 0 Å². The fourth-order valence-corrected chi connectivity index (χ4v) is 2.29. The summed E-state index contributed by atoms with van der Waals surface area (Å²) < 4.78 is 1.80. The van der Waals surface area contributed by atoms with Gasteiger partial charge < -0.3 is 15.6 Å². The smallest absolute Gasteiger partial charge is 0.267 e. The van der Waals surface area contributed by atoms with Crippen LogP contribution in [-0.4, -0.2) is 22.0 Å². The number of thiazole rings is 1. The first-order chi connectivity index (χ1) is 8.66. The molecule has 0 atom stereocenters. The van der Waals surface area contributed by atoms with Crippen molar-refractivity contribution in [1.29, 1.82) is 0 Å². The van der Waals surface area contributed by atoms with Crippen LogP contribution in [0.1, 0.15) is 22.6 Å². The van der Waals surface area contributed by atoms with Gasteiger partial charge in [0.05, 0.1) is 5.69 Å². The highest BCUT2D eigenvalue weighted by Crippen LogP contribution is 2.12. The molecule has 2 aromatic heterocycles. The molecule has 3 N–H and O–H groups in total. The van der Waals surface area contributed by atoms with Crippen LogP contribution in [-0.2, 0) is 13.5 Å². The van der Waals surface area contributed by atoms with Crippen molar-refractivity contribution in [3.05, 3.63) is 35.1 Å². The highest BCUT2D eigenvalue weighted by Gasteiger charge is 2.07. The Bertz CT molecular complexity index is 532. The summed E-state index contributed by atoms with van der Waals surface area (Å²) in [5.74, 6) is -0.0414. The molecule has 6 heteroatoms. The van der Waals surface area contributed by atoms with Crippen molar-refractivity contribution in [2.45, 2.75) is 12.8 Å². The number of anilines is 1. The van der Waals surface area contributed by atoms with Gasteiger partial charge >= 0.3 is 0 Å². The molecule has 0 aromatic carbocycles. The van der Waals surface area contributed by atoms with E-state index in [0.717, 1.165) is 18.5 Å². The van der Waals surface area contributed by atoms with Crippen molar-refractivity contribution < 1.29 is 4.79 Å². The number of aromatic nitrogens is 2. The first kappa shape index (κ1) is 12.6. The summed E-state index contributed by atoms with van der Waals surface area (Å²) in [6.45, 7) is 0.640. The maximum Gasteiger partial charge on any atom is 0.267 e. The van der Waals surface area contributed by atoms with Gasteiger partial charge in [-0.05, 0) is 25.0 Å². The fraction of sp³-hybridized carbons (Fsp3) is 0.333. The van der Waals surface area contributed by atoms with Gasteiger partial charge in [0.15, 0.2) is 5.13 Å². The molecule has 0 aliphatic rings. The van der Waals surface area contributed by atoms with Crippen LogP contribution < -0.4 is 11.1 Å². The number of amides is 1. The molecule has 0 radical (unpaired) electrons. The summed E-state index contributed by atoms with van der Waals surface area (Å²) in [6.07, 6.45) is 3.55. The van der Waals surface area contributed by atoms with Crippen molar-refractivity contribution in [3.63, 3.8) is 0 Å². The lowest BCUT2D eigenvalue weighted by Gasteiger charge is -2.05. The molecule has 0 saturated heterocycles. The lowest BCUT2D eigenvalue weighted by molar-refractivity contribution is 0.0945. The van der Waals surface area contributed by atoms with Crippen LogP contribution in [0.5, 0.6) is 0 Å². The van der Waals surface area contributed by atoms with Crippen molar-refractivity contribution >= 4 is 22.4 Å². The average Bonchev–Trinajstić information content (AvgIpc) is 2.93. The Morgan fingerprint density at radius 2 is 2.44 bits per heavy atom. The summed E-state index contributed by atoms with van der Waals surface area (Å²) in [5, 5.41) is 5.44. The summed E-state index contributed by atoms with van der Waals surface area (Å²) in [4.78, 5) is 15.9. The second-order valence-electron chi connectivity index (χ2n) is 4.04. The number of nitrogens with one attached hydrogen (secondary N) is 1. The molecule has 0 aliphatic carbocycles. The molecule has 2 rings (SSSR count). The van der Waals surface area contributed by atoms with Gasteiger partial charge in [-0.1, -0.05) is 0 Å². The number of nitrogen functional groups attached to an aromatic ring is 1. The van der Waals surface area contributed by atoms with Crippen LogP contribution in [0.15, 0.2) is 23.7 Å². The molecule has 2 heterocycles. The van der Waals surface area contributed by atoms with E-state index >= 15 is 0 Å². The molecule has 96 valence electrons. The van der Waals surface area contributed by atoms with Crippen LogP contribution in [0.3, 0.4) is 0 Å². The quantitative estimate of drug-likeness (QED) is 0.802. The molecule has 18 heavy (non-hydrogen) atoms. The van der Waals surface area contributed by atoms with Gasteiger partial charge in [0, 0.05) is 25.2 Å². The topological polar surface area (TPSA) is 72.9 Å². The van der Waals surface area contributed by atoms with E-state index in [1.807, 2.05) is 24.7 Å². The number of aryl methyl sites for hydroxylation is 2. The SMILES string of the molecule is Cn1cccc1C(=O)NCCCc1csc(N)n1. The Morgan fingerprint density at radius 3 is 3.06 bits per heavy atom. The van der Waals surface area contributed by atoms with E-state index in [0.29, 0.717) is 17.4 Å². The minimum atomic E-state index is -0.0414. The number of hydrogen-bond donors (Lipinski definition) is 2. The molecular weight excluding hydrogens is 248 g/mol. The van der Waals surface area contributed by atoms with E-state index < -0.39 is 0 Å². The number of rotatable bonds is 5. The standard InChI is InChI=1S/C12H16N4OS/c1-16-7-3-5-10(16)11(17)14-6-2-4-9-8-18-12(13)15-9/h3,5,7-8H,2,4,6H2,1H3,(H2,13,15)(H,14,17). The lowest BCUT2D eigenvalue weighted by Crippen LogP contribution is -2.26. The van der Waals surface area contributed by atoms with Gasteiger partial charge in [0.25, 0.3) is 5.91 Å². The van der Waals surface area contributed by atoms with Crippen LogP contribution >= 0.6 is 11.3 Å². The third-order valence-electron chi connectivity index (χ3n) is 2.64. The molecule has 0 saturated carbocycles. The monoisotopic (exact) mass is 264 g/mol. The Morgan fingerprint density at radius 1 is 1.61 bits per heavy atom. The number of carbonyl (C=O) groups excluding carboxylic acids is 1. The van der Waals surface area contributed by atoms with E-state index in [9.17, 15) is 4.79 Å². The van der Waals surface area contributed by atoms with Gasteiger partial charge in [0.2, 0.25) is 0 Å². The first-order valence-corrected chi connectivity index (χ1v) is 6.64. The Kier molecular flexibility index (Phi) is 3.99. The van der Waals surface area contributed by atoms with E-state index in [2.05, 4.69) is 10.3 Å². The second-order valence-corrected chi connectivity index (χ2v) is 4.93. The summed E-state index contributed by atoms with van der Waals surface area (Å²) in [7, 11) is 1.85.